The highest BCUT2D eigenvalue weighted by atomic mass is 16.5. The van der Waals surface area contributed by atoms with Crippen LogP contribution in [0.5, 0.6) is 0 Å². The van der Waals surface area contributed by atoms with E-state index in [0.717, 1.165) is 107 Å². The molecule has 12 aromatic carbocycles. The number of carbonyl (C=O) groups is 1. The van der Waals surface area contributed by atoms with E-state index < -0.39 is 5.97 Å². The Kier molecular flexibility index (Phi) is 12.4. The van der Waals surface area contributed by atoms with Gasteiger partial charge in [0.15, 0.2) is 17.5 Å². The van der Waals surface area contributed by atoms with E-state index in [1.807, 2.05) is 54.6 Å². The van der Waals surface area contributed by atoms with Crippen molar-refractivity contribution in [2.45, 2.75) is 32.3 Å². The lowest BCUT2D eigenvalue weighted by Crippen LogP contribution is -2.10. The molecular weight excluding hydrogens is 1010 g/mol. The van der Waals surface area contributed by atoms with Gasteiger partial charge in [-0.2, -0.15) is 0 Å². The van der Waals surface area contributed by atoms with Crippen molar-refractivity contribution in [3.05, 3.63) is 300 Å². The Bertz CT molecular complexity index is 4840. The van der Waals surface area contributed by atoms with Gasteiger partial charge in [-0.15, -0.1) is 0 Å². The fourth-order valence-electron chi connectivity index (χ4n) is 12.9. The summed E-state index contributed by atoms with van der Waals surface area (Å²) in [6.45, 7) is 2.30. The minimum atomic E-state index is -0.408. The van der Waals surface area contributed by atoms with Gasteiger partial charge in [0.2, 0.25) is 0 Å². The van der Waals surface area contributed by atoms with Gasteiger partial charge in [-0.3, -0.25) is 0 Å². The fourth-order valence-corrected chi connectivity index (χ4v) is 12.9. The van der Waals surface area contributed by atoms with Crippen LogP contribution in [0, 0.1) is 6.92 Å². The van der Waals surface area contributed by atoms with Gasteiger partial charge in [0, 0.05) is 39.1 Å². The van der Waals surface area contributed by atoms with Crippen molar-refractivity contribution in [3.63, 3.8) is 0 Å². The molecule has 1 aliphatic carbocycles. The molecule has 83 heavy (non-hydrogen) atoms. The summed E-state index contributed by atoms with van der Waals surface area (Å²) in [6, 6.07) is 93.6. The molecule has 0 aliphatic heterocycles. The second kappa shape index (κ2) is 20.8. The first-order chi connectivity index (χ1) is 41.0. The van der Waals surface area contributed by atoms with Gasteiger partial charge < -0.3 is 9.30 Å². The zero-order valence-corrected chi connectivity index (χ0v) is 45.7. The van der Waals surface area contributed by atoms with Crippen molar-refractivity contribution >= 4 is 49.3 Å². The van der Waals surface area contributed by atoms with E-state index in [1.54, 1.807) is 0 Å². The van der Waals surface area contributed by atoms with Crippen LogP contribution in [-0.4, -0.2) is 25.5 Å². The number of fused-ring (bicyclic) bond motifs is 8. The third kappa shape index (κ3) is 8.93. The van der Waals surface area contributed by atoms with Gasteiger partial charge in [0.25, 0.3) is 0 Å². The topological polar surface area (TPSA) is 69.9 Å². The van der Waals surface area contributed by atoms with E-state index in [2.05, 4.69) is 224 Å². The molecule has 1 aliphatic rings. The molecule has 2 heterocycles. The summed E-state index contributed by atoms with van der Waals surface area (Å²) in [6.07, 6.45) is 1.76. The van der Waals surface area contributed by atoms with E-state index >= 15 is 4.79 Å². The number of aromatic nitrogens is 4. The number of benzene rings is 12. The molecule has 6 nitrogen and oxygen atoms in total. The largest absolute Gasteiger partial charge is 0.457 e. The first-order valence-electron chi connectivity index (χ1n) is 28.5. The lowest BCUT2D eigenvalue weighted by molar-refractivity contribution is 0.0476. The van der Waals surface area contributed by atoms with Crippen molar-refractivity contribution in [1.82, 2.24) is 19.5 Å². The van der Waals surface area contributed by atoms with Gasteiger partial charge in [-0.05, 0) is 145 Å². The molecule has 6 heteroatoms. The summed E-state index contributed by atoms with van der Waals surface area (Å²) in [4.78, 5) is 32.1. The molecule has 15 rings (SSSR count). The fraction of sp³-hybridized carbons (Fsp3) is 0.0649. The Balaban J connectivity index is 1.01. The summed E-state index contributed by atoms with van der Waals surface area (Å²) < 4.78 is 8.66. The third-order valence-electron chi connectivity index (χ3n) is 16.7. The lowest BCUT2D eigenvalue weighted by Gasteiger charge is -2.23. The predicted molar refractivity (Wildman–Crippen MR) is 339 cm³/mol. The average Bonchev–Trinajstić information content (AvgIpc) is 3.10. The normalized spacial score (nSPS) is 13.0. The van der Waals surface area contributed by atoms with Gasteiger partial charge in [0.05, 0.1) is 16.6 Å². The number of carbonyl (C=O) groups excluding carboxylic acids is 1. The van der Waals surface area contributed by atoms with Crippen LogP contribution in [0.15, 0.2) is 267 Å². The molecule has 0 fully saturated rings. The van der Waals surface area contributed by atoms with Crippen LogP contribution in [-0.2, 0) is 17.8 Å². The Morgan fingerprint density at radius 2 is 1.08 bits per heavy atom. The minimum absolute atomic E-state index is 0.00122. The van der Waals surface area contributed by atoms with E-state index in [-0.39, 0.29) is 12.5 Å². The number of nitrogens with zero attached hydrogens (tertiary/aromatic N) is 4. The molecule has 0 bridgehead atoms. The highest BCUT2D eigenvalue weighted by Gasteiger charge is 2.30. The molecule has 1 atom stereocenters. The summed E-state index contributed by atoms with van der Waals surface area (Å²) in [5, 5.41) is 6.34. The van der Waals surface area contributed by atoms with Crippen LogP contribution in [0.1, 0.15) is 50.5 Å². The smallest absolute Gasteiger partial charge is 0.339 e. The number of hydrogen-bond donors (Lipinski definition) is 0. The Hall–Kier alpha value is -10.6. The van der Waals surface area contributed by atoms with Crippen molar-refractivity contribution in [2.75, 3.05) is 0 Å². The quantitative estimate of drug-likeness (QED) is 0.128. The summed E-state index contributed by atoms with van der Waals surface area (Å²) in [5.74, 6) is 1.15. The molecule has 2 aromatic heterocycles. The third-order valence-corrected chi connectivity index (χ3v) is 16.7. The van der Waals surface area contributed by atoms with Gasteiger partial charge in [-0.1, -0.05) is 224 Å². The lowest BCUT2D eigenvalue weighted by atomic mass is 9.81. The van der Waals surface area contributed by atoms with Crippen LogP contribution in [0.2, 0.25) is 0 Å². The molecule has 0 N–H and O–H groups in total. The van der Waals surface area contributed by atoms with Crippen molar-refractivity contribution in [1.29, 1.82) is 0 Å². The monoisotopic (exact) mass is 1070 g/mol. The second-order valence-corrected chi connectivity index (χ2v) is 21.7. The molecule has 0 saturated carbocycles. The van der Waals surface area contributed by atoms with Gasteiger partial charge in [0.1, 0.15) is 6.61 Å². The van der Waals surface area contributed by atoms with Crippen molar-refractivity contribution in [3.8, 4) is 73.2 Å². The number of para-hydroxylation sites is 2. The maximum Gasteiger partial charge on any atom is 0.339 e. The predicted octanol–water partition coefficient (Wildman–Crippen LogP) is 19.0. The molecule has 1 unspecified atom stereocenters. The number of hydrogen-bond acceptors (Lipinski definition) is 5. The first kappa shape index (κ1) is 49.5. The van der Waals surface area contributed by atoms with Crippen LogP contribution in [0.4, 0.5) is 0 Å². The number of ether oxygens (including phenoxy) is 1. The Morgan fingerprint density at radius 1 is 0.470 bits per heavy atom. The maximum atomic E-state index is 15.2. The summed E-state index contributed by atoms with van der Waals surface area (Å²) >= 11 is 0. The van der Waals surface area contributed by atoms with Crippen LogP contribution in [0.25, 0.3) is 117 Å². The average molecular weight is 1070 g/mol. The number of esters is 1. The standard InChI is InChI=1S/C77H54N4O2/c1-49-43-58(60-41-40-56-44-54-26-11-12-27-55(54)46-67(56)63-34-16-15-33-62(60)63)47-68(71(49)65-42-39-52-25-13-14-32-61(52)73(65)77(82)83-48-50-21-5-2-6-22-50)76-79-74(57-29-19-28-53(45-57)51-23-7-3-8-24-51)78-75(80-76)66-36-20-38-70-72(66)64-35-17-18-37-69(64)81(70)59-30-9-4-10-31-59/h2-39,42-47,60H,40-41,48H2,1H3. The van der Waals surface area contributed by atoms with Gasteiger partial charge >= 0.3 is 5.97 Å². The molecule has 0 amide bonds. The minimum Gasteiger partial charge on any atom is -0.457 e. The van der Waals surface area contributed by atoms with E-state index in [4.69, 9.17) is 19.7 Å². The zero-order chi connectivity index (χ0) is 55.4. The maximum absolute atomic E-state index is 15.2. The van der Waals surface area contributed by atoms with E-state index in [0.29, 0.717) is 23.0 Å². The van der Waals surface area contributed by atoms with Gasteiger partial charge in [-0.25, -0.2) is 19.7 Å². The van der Waals surface area contributed by atoms with Crippen LogP contribution >= 0.6 is 0 Å². The highest BCUT2D eigenvalue weighted by molar-refractivity contribution is 6.16. The zero-order valence-electron chi connectivity index (χ0n) is 45.7. The number of rotatable bonds is 10. The van der Waals surface area contributed by atoms with Crippen LogP contribution < -0.4 is 0 Å². The Labute approximate surface area is 481 Å². The highest BCUT2D eigenvalue weighted by Crippen LogP contribution is 2.47. The van der Waals surface area contributed by atoms with Crippen molar-refractivity contribution in [2.24, 2.45) is 0 Å². The van der Waals surface area contributed by atoms with E-state index in [9.17, 15) is 0 Å². The number of aryl methyl sites for hydroxylation is 2. The second-order valence-electron chi connectivity index (χ2n) is 21.7. The summed E-state index contributed by atoms with van der Waals surface area (Å²) in [7, 11) is 0. The summed E-state index contributed by atoms with van der Waals surface area (Å²) in [5.41, 5.74) is 18.1. The SMILES string of the molecule is Cc1cc(C2CCc3cc4ccccc4cc3-c3ccccc32)cc(-c2nc(-c3cccc(-c4ccccc4)c3)nc(-c3cccc4c3c3ccccc3n4-c3ccccc3)n2)c1-c1ccc2ccccc2c1C(=O)OCc1ccccc1. The Morgan fingerprint density at radius 3 is 1.90 bits per heavy atom. The van der Waals surface area contributed by atoms with Crippen LogP contribution in [0.3, 0.4) is 0 Å². The molecule has 14 aromatic rings. The molecule has 394 valence electrons. The molecule has 0 radical (unpaired) electrons. The first-order valence-corrected chi connectivity index (χ1v) is 28.5. The van der Waals surface area contributed by atoms with Crippen molar-refractivity contribution < 1.29 is 9.53 Å². The molecular formula is C77H54N4O2. The van der Waals surface area contributed by atoms with E-state index in [1.165, 1.54) is 33.0 Å². The molecule has 0 spiro atoms. The molecule has 0 saturated heterocycles.